The summed E-state index contributed by atoms with van der Waals surface area (Å²) in [7, 11) is 0. The molecule has 3 aromatic rings. The van der Waals surface area contributed by atoms with E-state index < -0.39 is 11.8 Å². The number of anilines is 1. The Morgan fingerprint density at radius 1 is 1.13 bits per heavy atom. The van der Waals surface area contributed by atoms with Crippen LogP contribution in [-0.2, 0) is 9.59 Å². The quantitative estimate of drug-likeness (QED) is 0.644. The van der Waals surface area contributed by atoms with Gasteiger partial charge in [-0.15, -0.1) is 0 Å². The van der Waals surface area contributed by atoms with Crippen LogP contribution < -0.4 is 11.1 Å². The van der Waals surface area contributed by atoms with Gasteiger partial charge in [-0.3, -0.25) is 9.59 Å². The van der Waals surface area contributed by atoms with Crippen LogP contribution in [0.1, 0.15) is 0 Å². The van der Waals surface area contributed by atoms with Crippen molar-refractivity contribution in [2.24, 2.45) is 5.73 Å². The number of amides is 2. The van der Waals surface area contributed by atoms with Gasteiger partial charge in [-0.1, -0.05) is 30.3 Å². The summed E-state index contributed by atoms with van der Waals surface area (Å²) in [5.41, 5.74) is 8.20. The first kappa shape index (κ1) is 14.5. The fourth-order valence-electron chi connectivity index (χ4n) is 2.23. The first-order valence-corrected chi connectivity index (χ1v) is 6.94. The molecule has 0 aliphatic carbocycles. The zero-order valence-electron chi connectivity index (χ0n) is 12.1. The van der Waals surface area contributed by atoms with Crippen LogP contribution in [0, 0.1) is 0 Å². The molecule has 114 valence electrons. The monoisotopic (exact) mass is 306 g/mol. The van der Waals surface area contributed by atoms with Crippen LogP contribution in [-0.4, -0.2) is 21.8 Å². The van der Waals surface area contributed by atoms with Crippen LogP contribution in [0.25, 0.3) is 22.2 Å². The first-order valence-electron chi connectivity index (χ1n) is 6.94. The minimum absolute atomic E-state index is 0.435. The van der Waals surface area contributed by atoms with Gasteiger partial charge in [0.1, 0.15) is 5.65 Å². The van der Waals surface area contributed by atoms with Crippen LogP contribution in [0.3, 0.4) is 0 Å². The Balaban J connectivity index is 1.93. The number of nitrogens with zero attached hydrogens (tertiary/aromatic N) is 1. The number of pyridine rings is 1. The molecule has 0 saturated carbocycles. The van der Waals surface area contributed by atoms with Gasteiger partial charge in [-0.25, -0.2) is 4.98 Å². The van der Waals surface area contributed by atoms with E-state index >= 15 is 0 Å². The van der Waals surface area contributed by atoms with E-state index in [0.717, 1.165) is 28.7 Å². The Morgan fingerprint density at radius 3 is 2.65 bits per heavy atom. The van der Waals surface area contributed by atoms with Crippen molar-refractivity contribution in [2.45, 2.75) is 0 Å². The molecule has 1 aromatic carbocycles. The number of hydrogen-bond acceptors (Lipinski definition) is 3. The molecule has 0 bridgehead atoms. The number of benzene rings is 1. The van der Waals surface area contributed by atoms with Gasteiger partial charge in [0.15, 0.2) is 0 Å². The molecule has 3 rings (SSSR count). The van der Waals surface area contributed by atoms with Crippen molar-refractivity contribution in [1.82, 2.24) is 9.97 Å². The van der Waals surface area contributed by atoms with Gasteiger partial charge in [0, 0.05) is 35.5 Å². The van der Waals surface area contributed by atoms with E-state index in [1.54, 1.807) is 12.4 Å². The summed E-state index contributed by atoms with van der Waals surface area (Å²) in [4.78, 5) is 29.8. The minimum Gasteiger partial charge on any atom is -0.366 e. The van der Waals surface area contributed by atoms with Crippen molar-refractivity contribution in [3.63, 3.8) is 0 Å². The van der Waals surface area contributed by atoms with E-state index in [2.05, 4.69) is 15.3 Å². The average Bonchev–Trinajstić information content (AvgIpc) is 2.96. The lowest BCUT2D eigenvalue weighted by Crippen LogP contribution is -2.11. The van der Waals surface area contributed by atoms with Gasteiger partial charge in [0.25, 0.3) is 0 Å². The summed E-state index contributed by atoms with van der Waals surface area (Å²) in [6.07, 6.45) is 5.53. The number of nitrogens with two attached hydrogens (primary N) is 1. The Bertz CT molecular complexity index is 897. The predicted molar refractivity (Wildman–Crippen MR) is 88.5 cm³/mol. The molecule has 6 heteroatoms. The summed E-state index contributed by atoms with van der Waals surface area (Å²) in [5.74, 6) is -1.11. The second-order valence-electron chi connectivity index (χ2n) is 4.91. The molecular weight excluding hydrogens is 292 g/mol. The topological polar surface area (TPSA) is 101 Å². The number of carbonyl (C=O) groups excluding carboxylic acids is 2. The molecule has 4 N–H and O–H groups in total. The molecule has 0 aliphatic heterocycles. The van der Waals surface area contributed by atoms with E-state index in [4.69, 9.17) is 5.73 Å². The lowest BCUT2D eigenvalue weighted by molar-refractivity contribution is -0.115. The van der Waals surface area contributed by atoms with Crippen LogP contribution in [0.4, 0.5) is 5.69 Å². The highest BCUT2D eigenvalue weighted by Gasteiger charge is 2.08. The molecule has 6 nitrogen and oxygen atoms in total. The summed E-state index contributed by atoms with van der Waals surface area (Å²) in [6, 6.07) is 11.8. The maximum absolute atomic E-state index is 11.8. The molecule has 0 spiro atoms. The fraction of sp³-hybridized carbons (Fsp3) is 0. The predicted octanol–water partition coefficient (Wildman–Crippen LogP) is 2.21. The summed E-state index contributed by atoms with van der Waals surface area (Å²) >= 11 is 0. The lowest BCUT2D eigenvalue weighted by atomic mass is 10.1. The number of primary amides is 1. The minimum atomic E-state index is -0.674. The van der Waals surface area contributed by atoms with Crippen molar-refractivity contribution >= 4 is 28.5 Å². The molecule has 23 heavy (non-hydrogen) atoms. The van der Waals surface area contributed by atoms with Gasteiger partial charge >= 0.3 is 0 Å². The molecule has 2 heterocycles. The number of aromatic nitrogens is 2. The number of carbonyl (C=O) groups is 2. The number of fused-ring (bicyclic) bond motifs is 1. The summed E-state index contributed by atoms with van der Waals surface area (Å²) < 4.78 is 0. The van der Waals surface area contributed by atoms with Gasteiger partial charge < -0.3 is 16.0 Å². The summed E-state index contributed by atoms with van der Waals surface area (Å²) in [5, 5.41) is 3.48. The first-order chi connectivity index (χ1) is 11.1. The highest BCUT2D eigenvalue weighted by molar-refractivity contribution is 6.07. The third kappa shape index (κ3) is 3.26. The van der Waals surface area contributed by atoms with E-state index in [1.807, 2.05) is 36.4 Å². The molecule has 0 radical (unpaired) electrons. The molecule has 0 aliphatic rings. The number of H-pyrrole nitrogens is 1. The second-order valence-corrected chi connectivity index (χ2v) is 4.91. The smallest absolute Gasteiger partial charge is 0.248 e. The van der Waals surface area contributed by atoms with E-state index in [9.17, 15) is 9.59 Å². The third-order valence-corrected chi connectivity index (χ3v) is 3.30. The Labute approximate surface area is 132 Å². The van der Waals surface area contributed by atoms with Gasteiger partial charge in [-0.2, -0.15) is 0 Å². The largest absolute Gasteiger partial charge is 0.366 e. The zero-order valence-corrected chi connectivity index (χ0v) is 12.1. The van der Waals surface area contributed by atoms with Crippen molar-refractivity contribution in [3.05, 3.63) is 60.9 Å². The lowest BCUT2D eigenvalue weighted by Gasteiger charge is -2.03. The third-order valence-electron chi connectivity index (χ3n) is 3.30. The maximum Gasteiger partial charge on any atom is 0.248 e. The van der Waals surface area contributed by atoms with Crippen molar-refractivity contribution in [1.29, 1.82) is 0 Å². The maximum atomic E-state index is 11.8. The van der Waals surface area contributed by atoms with E-state index in [0.29, 0.717) is 11.3 Å². The van der Waals surface area contributed by atoms with Gasteiger partial charge in [0.05, 0.1) is 5.69 Å². The SMILES string of the molecule is NC(=O)/C=C\C(=O)Nc1c[nH]c2ncc(-c3ccccc3)cc12. The Hall–Kier alpha value is -3.41. The fourth-order valence-corrected chi connectivity index (χ4v) is 2.23. The van der Waals surface area contributed by atoms with Gasteiger partial charge in [-0.05, 0) is 11.6 Å². The van der Waals surface area contributed by atoms with Crippen LogP contribution in [0.2, 0.25) is 0 Å². The highest BCUT2D eigenvalue weighted by atomic mass is 16.2. The molecule has 2 amide bonds. The number of hydrogen-bond donors (Lipinski definition) is 3. The van der Waals surface area contributed by atoms with Crippen LogP contribution in [0.5, 0.6) is 0 Å². The molecular formula is C17H14N4O2. The molecule has 0 fully saturated rings. The van der Waals surface area contributed by atoms with Crippen LogP contribution in [0.15, 0.2) is 60.9 Å². The summed E-state index contributed by atoms with van der Waals surface area (Å²) in [6.45, 7) is 0. The number of aromatic amines is 1. The van der Waals surface area contributed by atoms with Crippen molar-refractivity contribution < 1.29 is 9.59 Å². The molecule has 0 saturated heterocycles. The highest BCUT2D eigenvalue weighted by Crippen LogP contribution is 2.27. The number of rotatable bonds is 4. The number of nitrogens with one attached hydrogen (secondary N) is 2. The Morgan fingerprint density at radius 2 is 1.91 bits per heavy atom. The standard InChI is InChI=1S/C17H14N4O2/c18-15(22)6-7-16(23)21-14-10-20-17-13(14)8-12(9-19-17)11-4-2-1-3-5-11/h1-10H,(H2,18,22)(H,19,20)(H,21,23)/b7-6-. The molecule has 0 unspecified atom stereocenters. The molecule has 2 aromatic heterocycles. The Kier molecular flexibility index (Phi) is 3.88. The zero-order chi connectivity index (χ0) is 16.2. The second kappa shape index (κ2) is 6.15. The van der Waals surface area contributed by atoms with E-state index in [-0.39, 0.29) is 0 Å². The van der Waals surface area contributed by atoms with E-state index in [1.165, 1.54) is 0 Å². The average molecular weight is 306 g/mol. The molecule has 0 atom stereocenters. The van der Waals surface area contributed by atoms with Gasteiger partial charge in [0.2, 0.25) is 11.8 Å². The van der Waals surface area contributed by atoms with Crippen LogP contribution >= 0.6 is 0 Å². The van der Waals surface area contributed by atoms with Crippen molar-refractivity contribution in [3.8, 4) is 11.1 Å². The van der Waals surface area contributed by atoms with Crippen molar-refractivity contribution in [2.75, 3.05) is 5.32 Å². The normalized spacial score (nSPS) is 11.0.